The molecule has 0 aromatic heterocycles. The maximum atomic E-state index is 2.84. The zero-order valence-corrected chi connectivity index (χ0v) is 45.8. The van der Waals surface area contributed by atoms with Crippen molar-refractivity contribution >= 4 is 80.0 Å². The number of fused-ring (bicyclic) bond motifs is 10. The minimum atomic E-state index is -0.117. The number of aryl methyl sites for hydroxylation is 2. The van der Waals surface area contributed by atoms with E-state index < -0.39 is 0 Å². The van der Waals surface area contributed by atoms with Gasteiger partial charge >= 0.3 is 0 Å². The number of hydrogen-bond acceptors (Lipinski definition) is 4. The van der Waals surface area contributed by atoms with Crippen LogP contribution in [0.4, 0.5) is 56.9 Å². The Morgan fingerprint density at radius 2 is 0.959 bits per heavy atom. The lowest BCUT2D eigenvalue weighted by Gasteiger charge is -2.51. The molecule has 0 N–H and O–H groups in total. The van der Waals surface area contributed by atoms with Gasteiger partial charge in [0, 0.05) is 67.7 Å². The van der Waals surface area contributed by atoms with Crippen molar-refractivity contribution in [3.05, 3.63) is 173 Å². The first-order chi connectivity index (χ1) is 34.8. The van der Waals surface area contributed by atoms with Gasteiger partial charge in [-0.2, -0.15) is 0 Å². The molecule has 370 valence electrons. The Labute approximate surface area is 437 Å². The fourth-order valence-corrected chi connectivity index (χ4v) is 15.6. The monoisotopic (exact) mass is 959 g/mol. The van der Waals surface area contributed by atoms with E-state index in [2.05, 4.69) is 242 Å². The third-order valence-electron chi connectivity index (χ3n) is 20.0. The first kappa shape index (κ1) is 46.6. The number of benzene rings is 7. The minimum absolute atomic E-state index is 0.00607. The Morgan fingerprint density at radius 3 is 1.63 bits per heavy atom. The second-order valence-electron chi connectivity index (χ2n) is 26.2. The highest BCUT2D eigenvalue weighted by Gasteiger charge is 2.60. The van der Waals surface area contributed by atoms with Crippen LogP contribution in [0.2, 0.25) is 0 Å². The van der Waals surface area contributed by atoms with E-state index in [0.717, 1.165) is 12.8 Å². The Kier molecular flexibility index (Phi) is 10.00. The third kappa shape index (κ3) is 6.39. The Hall–Kier alpha value is -6.20. The molecular formula is C68H75BN4. The quantitative estimate of drug-likeness (QED) is 0.163. The fourth-order valence-electron chi connectivity index (χ4n) is 15.6. The van der Waals surface area contributed by atoms with Crippen LogP contribution >= 0.6 is 0 Å². The summed E-state index contributed by atoms with van der Waals surface area (Å²) in [6.07, 6.45) is 9.70. The van der Waals surface area contributed by atoms with Crippen molar-refractivity contribution in [1.29, 1.82) is 0 Å². The van der Waals surface area contributed by atoms with Gasteiger partial charge in [-0.05, 0) is 169 Å². The van der Waals surface area contributed by atoms with Crippen molar-refractivity contribution in [1.82, 2.24) is 0 Å². The summed E-state index contributed by atoms with van der Waals surface area (Å²) in [5, 5.41) is 0. The van der Waals surface area contributed by atoms with Gasteiger partial charge in [0.15, 0.2) is 0 Å². The van der Waals surface area contributed by atoms with Crippen molar-refractivity contribution in [3.8, 4) is 0 Å². The fraction of sp³-hybridized carbons (Fsp3) is 0.382. The number of hydrogen-bond donors (Lipinski definition) is 0. The molecule has 7 aromatic rings. The molecule has 0 amide bonds. The van der Waals surface area contributed by atoms with Crippen molar-refractivity contribution in [3.63, 3.8) is 0 Å². The van der Waals surface area contributed by atoms with Crippen LogP contribution in [0.5, 0.6) is 0 Å². The summed E-state index contributed by atoms with van der Waals surface area (Å²) < 4.78 is 0. The van der Waals surface area contributed by atoms with E-state index in [4.69, 9.17) is 0 Å². The molecular weight excluding hydrogens is 884 g/mol. The van der Waals surface area contributed by atoms with E-state index in [-0.39, 0.29) is 39.5 Å². The van der Waals surface area contributed by atoms with Crippen LogP contribution < -0.4 is 36.0 Å². The average Bonchev–Trinajstić information content (AvgIpc) is 3.71. The highest BCUT2D eigenvalue weighted by molar-refractivity contribution is 7.00. The van der Waals surface area contributed by atoms with Crippen LogP contribution in [0.15, 0.2) is 140 Å². The molecule has 13 rings (SSSR count). The zero-order valence-electron chi connectivity index (χ0n) is 45.8. The summed E-state index contributed by atoms with van der Waals surface area (Å²) in [6, 6.07) is 55.4. The van der Waals surface area contributed by atoms with E-state index in [9.17, 15) is 0 Å². The first-order valence-corrected chi connectivity index (χ1v) is 27.8. The first-order valence-electron chi connectivity index (χ1n) is 27.8. The zero-order chi connectivity index (χ0) is 50.8. The second kappa shape index (κ2) is 15.7. The molecule has 73 heavy (non-hydrogen) atoms. The third-order valence-corrected chi connectivity index (χ3v) is 20.0. The summed E-state index contributed by atoms with van der Waals surface area (Å²) >= 11 is 0. The lowest BCUT2D eigenvalue weighted by molar-refractivity contribution is 0.195. The van der Waals surface area contributed by atoms with Crippen LogP contribution in [-0.4, -0.2) is 17.8 Å². The molecule has 4 nitrogen and oxygen atoms in total. The van der Waals surface area contributed by atoms with Crippen molar-refractivity contribution in [2.45, 2.75) is 167 Å². The predicted octanol–water partition coefficient (Wildman–Crippen LogP) is 16.5. The molecule has 7 aromatic carbocycles. The SMILES string of the molecule is Cc1cc(C)c2c(c1)C1(C)CCCCC1(C)N2c1cc2c3c(c1)N(c1ccc(C(C)(C)C)cc1)c1cc(N4c5ccc(C(C)(C)C)cc5C5(C)CCCCC45C)ccc1B3c1ccccc1N2c1ccccc1. The van der Waals surface area contributed by atoms with Gasteiger partial charge < -0.3 is 19.6 Å². The minimum Gasteiger partial charge on any atom is -0.334 e. The van der Waals surface area contributed by atoms with Gasteiger partial charge in [0.1, 0.15) is 0 Å². The van der Waals surface area contributed by atoms with Crippen LogP contribution in [-0.2, 0) is 21.7 Å². The lowest BCUT2D eigenvalue weighted by atomic mass is 9.33. The molecule has 2 saturated carbocycles. The van der Waals surface area contributed by atoms with Crippen molar-refractivity contribution < 1.29 is 0 Å². The Balaban J connectivity index is 1.12. The van der Waals surface area contributed by atoms with E-state index >= 15 is 0 Å². The molecule has 2 fully saturated rings. The summed E-state index contributed by atoms with van der Waals surface area (Å²) in [6.45, 7) is 29.2. The van der Waals surface area contributed by atoms with E-state index in [0.29, 0.717) is 0 Å². The summed E-state index contributed by atoms with van der Waals surface area (Å²) in [7, 11) is 0. The molecule has 4 atom stereocenters. The molecule has 0 saturated heterocycles. The summed E-state index contributed by atoms with van der Waals surface area (Å²) in [5.74, 6) is 0. The normalized spacial score (nSPS) is 24.6. The summed E-state index contributed by atoms with van der Waals surface area (Å²) in [5.41, 5.74) is 25.3. The number of anilines is 10. The molecule has 4 unspecified atom stereocenters. The molecule has 5 heteroatoms. The Bertz CT molecular complexity index is 3400. The van der Waals surface area contributed by atoms with Gasteiger partial charge in [-0.15, -0.1) is 0 Å². The van der Waals surface area contributed by atoms with Gasteiger partial charge in [0.25, 0.3) is 6.71 Å². The molecule has 2 aliphatic carbocycles. The molecule has 0 bridgehead atoms. The highest BCUT2D eigenvalue weighted by Crippen LogP contribution is 2.64. The van der Waals surface area contributed by atoms with Gasteiger partial charge in [-0.1, -0.05) is 165 Å². The largest absolute Gasteiger partial charge is 0.334 e. The van der Waals surface area contributed by atoms with Crippen LogP contribution in [0.1, 0.15) is 154 Å². The van der Waals surface area contributed by atoms with Crippen LogP contribution in [0, 0.1) is 13.8 Å². The predicted molar refractivity (Wildman–Crippen MR) is 313 cm³/mol. The molecule has 6 aliphatic rings. The van der Waals surface area contributed by atoms with Crippen LogP contribution in [0.3, 0.4) is 0 Å². The van der Waals surface area contributed by atoms with Gasteiger partial charge in [0.05, 0.1) is 11.1 Å². The van der Waals surface area contributed by atoms with Crippen LogP contribution in [0.25, 0.3) is 0 Å². The average molecular weight is 959 g/mol. The van der Waals surface area contributed by atoms with Crippen molar-refractivity contribution in [2.24, 2.45) is 0 Å². The van der Waals surface area contributed by atoms with Gasteiger partial charge in [-0.3, -0.25) is 0 Å². The molecule has 0 spiro atoms. The topological polar surface area (TPSA) is 13.0 Å². The number of rotatable bonds is 4. The van der Waals surface area contributed by atoms with Crippen molar-refractivity contribution in [2.75, 3.05) is 19.6 Å². The van der Waals surface area contributed by atoms with E-state index in [1.165, 1.54) is 145 Å². The maximum Gasteiger partial charge on any atom is 0.252 e. The molecule has 0 radical (unpaired) electrons. The van der Waals surface area contributed by atoms with E-state index in [1.807, 2.05) is 0 Å². The van der Waals surface area contributed by atoms with Gasteiger partial charge in [0.2, 0.25) is 0 Å². The molecule has 4 heterocycles. The highest BCUT2D eigenvalue weighted by atomic mass is 15.3. The number of para-hydroxylation sites is 2. The number of nitrogens with zero attached hydrogens (tertiary/aromatic N) is 4. The standard InChI is InChI=1S/C68H75BN4/c1-44-38-45(2)62-53(39-44)66(10)35-19-21-37-68(66,12)73(62)51-42-59-61-60(43-51)71(49-29-26-46(27-30-49)63(3,4)5)58-41-50(31-32-55(58)69(61)54-24-16-17-25-57(54)70(59)48-22-14-13-15-23-48)72-56-33-28-47(64(6,7)8)40-52(56)65(9)34-18-20-36-67(65,72)11/h13-17,22-33,38-43H,18-21,34-37H2,1-12H3. The maximum absolute atomic E-state index is 2.84. The van der Waals surface area contributed by atoms with Gasteiger partial charge in [-0.25, -0.2) is 0 Å². The van der Waals surface area contributed by atoms with E-state index in [1.54, 1.807) is 0 Å². The smallest absolute Gasteiger partial charge is 0.252 e. The summed E-state index contributed by atoms with van der Waals surface area (Å²) in [4.78, 5) is 10.9. The molecule has 4 aliphatic heterocycles. The second-order valence-corrected chi connectivity index (χ2v) is 26.2. The Morgan fingerprint density at radius 1 is 0.425 bits per heavy atom. The lowest BCUT2D eigenvalue weighted by Crippen LogP contribution is -2.61.